The Morgan fingerprint density at radius 3 is 2.65 bits per heavy atom. The van der Waals surface area contributed by atoms with Crippen molar-refractivity contribution in [3.63, 3.8) is 0 Å². The van der Waals surface area contributed by atoms with Gasteiger partial charge < -0.3 is 20.5 Å². The van der Waals surface area contributed by atoms with Crippen molar-refractivity contribution >= 4 is 22.7 Å². The van der Waals surface area contributed by atoms with Crippen molar-refractivity contribution in [3.05, 3.63) is 48.0 Å². The summed E-state index contributed by atoms with van der Waals surface area (Å²) < 4.78 is 11.5. The number of para-hydroxylation sites is 1. The number of benzene rings is 2. The van der Waals surface area contributed by atoms with E-state index in [1.165, 1.54) is 0 Å². The zero-order valence-corrected chi connectivity index (χ0v) is 15.2. The highest BCUT2D eigenvalue weighted by atomic mass is 16.5. The molecule has 0 bridgehead atoms. The molecule has 1 heterocycles. The predicted octanol–water partition coefficient (Wildman–Crippen LogP) is 4.01. The first kappa shape index (κ1) is 17.8. The number of rotatable bonds is 8. The molecular formula is C20H24N4O2. The number of anilines is 2. The number of hydrogen-bond donors (Lipinski definition) is 2. The van der Waals surface area contributed by atoms with E-state index in [0.717, 1.165) is 41.6 Å². The lowest BCUT2D eigenvalue weighted by Crippen LogP contribution is -2.07. The van der Waals surface area contributed by atoms with Crippen LogP contribution in [-0.2, 0) is 6.61 Å². The molecule has 0 saturated carbocycles. The van der Waals surface area contributed by atoms with Crippen molar-refractivity contribution in [2.45, 2.75) is 26.4 Å². The number of nitrogens with two attached hydrogens (primary N) is 1. The molecule has 0 amide bonds. The van der Waals surface area contributed by atoms with Gasteiger partial charge in [-0.15, -0.1) is 0 Å². The third kappa shape index (κ3) is 3.96. The van der Waals surface area contributed by atoms with Gasteiger partial charge in [-0.25, -0.2) is 4.98 Å². The first-order valence-electron chi connectivity index (χ1n) is 8.77. The van der Waals surface area contributed by atoms with E-state index in [-0.39, 0.29) is 5.95 Å². The second-order valence-corrected chi connectivity index (χ2v) is 5.96. The third-order valence-electron chi connectivity index (χ3n) is 4.10. The topological polar surface area (TPSA) is 82.3 Å². The number of nitrogens with one attached hydrogen (secondary N) is 1. The molecule has 0 unspecified atom stereocenters. The van der Waals surface area contributed by atoms with Crippen LogP contribution in [0.25, 0.3) is 10.9 Å². The Hall–Kier alpha value is -3.02. The SMILES string of the molecule is CCCCNc1nc(N)nc2cccc(OCc3ccccc3OC)c12. The highest BCUT2D eigenvalue weighted by Crippen LogP contribution is 2.32. The lowest BCUT2D eigenvalue weighted by Gasteiger charge is -2.14. The maximum absolute atomic E-state index is 6.09. The van der Waals surface area contributed by atoms with Gasteiger partial charge in [0.25, 0.3) is 0 Å². The summed E-state index contributed by atoms with van der Waals surface area (Å²) in [6.07, 6.45) is 2.15. The lowest BCUT2D eigenvalue weighted by atomic mass is 10.2. The molecule has 6 heteroatoms. The Balaban J connectivity index is 1.92. The third-order valence-corrected chi connectivity index (χ3v) is 4.10. The van der Waals surface area contributed by atoms with Gasteiger partial charge in [-0.2, -0.15) is 4.98 Å². The van der Waals surface area contributed by atoms with Crippen LogP contribution in [0.2, 0.25) is 0 Å². The average Bonchev–Trinajstić information content (AvgIpc) is 2.66. The van der Waals surface area contributed by atoms with Crippen molar-refractivity contribution in [1.29, 1.82) is 0 Å². The van der Waals surface area contributed by atoms with Crippen molar-refractivity contribution in [1.82, 2.24) is 9.97 Å². The minimum Gasteiger partial charge on any atom is -0.496 e. The summed E-state index contributed by atoms with van der Waals surface area (Å²) in [5.74, 6) is 2.47. The van der Waals surface area contributed by atoms with E-state index in [1.807, 2.05) is 42.5 Å². The van der Waals surface area contributed by atoms with E-state index in [9.17, 15) is 0 Å². The molecule has 136 valence electrons. The largest absolute Gasteiger partial charge is 0.496 e. The van der Waals surface area contributed by atoms with Crippen LogP contribution < -0.4 is 20.5 Å². The van der Waals surface area contributed by atoms with Crippen LogP contribution >= 0.6 is 0 Å². The summed E-state index contributed by atoms with van der Waals surface area (Å²) in [5.41, 5.74) is 7.60. The van der Waals surface area contributed by atoms with Crippen molar-refractivity contribution in [2.24, 2.45) is 0 Å². The van der Waals surface area contributed by atoms with Crippen molar-refractivity contribution < 1.29 is 9.47 Å². The van der Waals surface area contributed by atoms with Crippen LogP contribution in [0.3, 0.4) is 0 Å². The van der Waals surface area contributed by atoms with E-state index in [2.05, 4.69) is 22.2 Å². The fraction of sp³-hybridized carbons (Fsp3) is 0.300. The fourth-order valence-electron chi connectivity index (χ4n) is 2.78. The molecule has 0 spiro atoms. The van der Waals surface area contributed by atoms with Gasteiger partial charge in [-0.1, -0.05) is 37.6 Å². The molecule has 3 rings (SSSR count). The average molecular weight is 352 g/mol. The number of hydrogen-bond acceptors (Lipinski definition) is 6. The van der Waals surface area contributed by atoms with Crippen LogP contribution in [0, 0.1) is 0 Å². The molecule has 0 atom stereocenters. The van der Waals surface area contributed by atoms with Gasteiger partial charge in [0.2, 0.25) is 5.95 Å². The Morgan fingerprint density at radius 1 is 1.04 bits per heavy atom. The van der Waals surface area contributed by atoms with Gasteiger partial charge in [-0.3, -0.25) is 0 Å². The van der Waals surface area contributed by atoms with Gasteiger partial charge in [0.15, 0.2) is 0 Å². The summed E-state index contributed by atoms with van der Waals surface area (Å²) in [7, 11) is 1.66. The standard InChI is InChI=1S/C20H24N4O2/c1-3-4-12-22-19-18-15(23-20(21)24-19)9-7-11-17(18)26-13-14-8-5-6-10-16(14)25-2/h5-11H,3-4,12-13H2,1-2H3,(H3,21,22,23,24). The summed E-state index contributed by atoms with van der Waals surface area (Å²) in [4.78, 5) is 8.71. The molecule has 0 aliphatic heterocycles. The molecule has 0 saturated heterocycles. The van der Waals surface area contributed by atoms with Crippen LogP contribution in [0.1, 0.15) is 25.3 Å². The van der Waals surface area contributed by atoms with Crippen LogP contribution in [-0.4, -0.2) is 23.6 Å². The van der Waals surface area contributed by atoms with E-state index < -0.39 is 0 Å². The highest BCUT2D eigenvalue weighted by Gasteiger charge is 2.12. The van der Waals surface area contributed by atoms with E-state index in [0.29, 0.717) is 18.2 Å². The highest BCUT2D eigenvalue weighted by molar-refractivity contribution is 5.95. The molecule has 6 nitrogen and oxygen atoms in total. The molecule has 2 aromatic carbocycles. The maximum atomic E-state index is 6.09. The Kier molecular flexibility index (Phi) is 5.73. The monoisotopic (exact) mass is 352 g/mol. The molecule has 0 aliphatic rings. The Labute approximate surface area is 153 Å². The lowest BCUT2D eigenvalue weighted by molar-refractivity contribution is 0.300. The van der Waals surface area contributed by atoms with Gasteiger partial charge >= 0.3 is 0 Å². The number of nitrogens with zero attached hydrogens (tertiary/aromatic N) is 2. The van der Waals surface area contributed by atoms with Gasteiger partial charge in [0, 0.05) is 12.1 Å². The van der Waals surface area contributed by atoms with Crippen LogP contribution in [0.4, 0.5) is 11.8 Å². The molecule has 26 heavy (non-hydrogen) atoms. The van der Waals surface area contributed by atoms with E-state index in [4.69, 9.17) is 15.2 Å². The summed E-state index contributed by atoms with van der Waals surface area (Å²) >= 11 is 0. The number of nitrogen functional groups attached to an aromatic ring is 1. The summed E-state index contributed by atoms with van der Waals surface area (Å²) in [5, 5.41) is 4.20. The zero-order valence-electron chi connectivity index (χ0n) is 15.2. The van der Waals surface area contributed by atoms with Crippen molar-refractivity contribution in [3.8, 4) is 11.5 Å². The molecule has 1 aromatic heterocycles. The quantitative estimate of drug-likeness (QED) is 0.596. The fourth-order valence-corrected chi connectivity index (χ4v) is 2.78. The van der Waals surface area contributed by atoms with E-state index in [1.54, 1.807) is 7.11 Å². The summed E-state index contributed by atoms with van der Waals surface area (Å²) in [6, 6.07) is 13.5. The first-order valence-corrected chi connectivity index (χ1v) is 8.77. The molecular weight excluding hydrogens is 328 g/mol. The minimum atomic E-state index is 0.248. The zero-order chi connectivity index (χ0) is 18.4. The summed E-state index contributed by atoms with van der Waals surface area (Å²) in [6.45, 7) is 3.36. The molecule has 0 aliphatic carbocycles. The van der Waals surface area contributed by atoms with Gasteiger partial charge in [0.1, 0.15) is 23.9 Å². The first-order chi connectivity index (χ1) is 12.7. The van der Waals surface area contributed by atoms with E-state index >= 15 is 0 Å². The normalized spacial score (nSPS) is 10.7. The Bertz CT molecular complexity index is 883. The maximum Gasteiger partial charge on any atom is 0.222 e. The van der Waals surface area contributed by atoms with Crippen LogP contribution in [0.5, 0.6) is 11.5 Å². The minimum absolute atomic E-state index is 0.248. The van der Waals surface area contributed by atoms with Crippen molar-refractivity contribution in [2.75, 3.05) is 24.7 Å². The number of unbranched alkanes of at least 4 members (excludes halogenated alkanes) is 1. The van der Waals surface area contributed by atoms with Gasteiger partial charge in [-0.05, 0) is 24.6 Å². The Morgan fingerprint density at radius 2 is 1.85 bits per heavy atom. The molecule has 0 fully saturated rings. The number of fused-ring (bicyclic) bond motifs is 1. The van der Waals surface area contributed by atoms with Crippen LogP contribution in [0.15, 0.2) is 42.5 Å². The number of methoxy groups -OCH3 is 1. The van der Waals surface area contributed by atoms with Gasteiger partial charge in [0.05, 0.1) is 18.0 Å². The molecule has 0 radical (unpaired) electrons. The second-order valence-electron chi connectivity index (χ2n) is 5.96. The molecule has 3 aromatic rings. The smallest absolute Gasteiger partial charge is 0.222 e. The number of ether oxygens (including phenoxy) is 2. The number of aromatic nitrogens is 2. The predicted molar refractivity (Wildman–Crippen MR) is 105 cm³/mol. The molecule has 3 N–H and O–H groups in total. The second kappa shape index (κ2) is 8.38.